The SMILES string of the molecule is CC(C)N1CCN2C(=O)C(N)CC2C1. The molecule has 0 spiro atoms. The number of fused-ring (bicyclic) bond motifs is 1. The largest absolute Gasteiger partial charge is 0.336 e. The Hall–Kier alpha value is -0.610. The Labute approximate surface area is 85.0 Å². The Morgan fingerprint density at radius 1 is 1.43 bits per heavy atom. The highest BCUT2D eigenvalue weighted by molar-refractivity contribution is 5.84. The molecule has 0 radical (unpaired) electrons. The predicted octanol–water partition coefficient (Wildman–Crippen LogP) is -0.361. The zero-order valence-corrected chi connectivity index (χ0v) is 8.94. The van der Waals surface area contributed by atoms with Gasteiger partial charge in [0.05, 0.1) is 6.04 Å². The lowest BCUT2D eigenvalue weighted by Crippen LogP contribution is -2.53. The van der Waals surface area contributed by atoms with Gasteiger partial charge >= 0.3 is 0 Å². The van der Waals surface area contributed by atoms with Crippen molar-refractivity contribution in [1.82, 2.24) is 9.80 Å². The summed E-state index contributed by atoms with van der Waals surface area (Å²) < 4.78 is 0. The Morgan fingerprint density at radius 2 is 2.14 bits per heavy atom. The molecule has 2 heterocycles. The quantitative estimate of drug-likeness (QED) is 0.624. The van der Waals surface area contributed by atoms with Crippen LogP contribution in [0.5, 0.6) is 0 Å². The van der Waals surface area contributed by atoms with Crippen molar-refractivity contribution in [3.05, 3.63) is 0 Å². The Morgan fingerprint density at radius 3 is 2.79 bits per heavy atom. The second-order valence-electron chi connectivity index (χ2n) is 4.62. The minimum atomic E-state index is -0.243. The van der Waals surface area contributed by atoms with Gasteiger partial charge in [-0.2, -0.15) is 0 Å². The highest BCUT2D eigenvalue weighted by atomic mass is 16.2. The van der Waals surface area contributed by atoms with Crippen LogP contribution in [0.15, 0.2) is 0 Å². The molecule has 0 saturated carbocycles. The normalized spacial score (nSPS) is 34.0. The van der Waals surface area contributed by atoms with Gasteiger partial charge in [-0.15, -0.1) is 0 Å². The number of rotatable bonds is 1. The van der Waals surface area contributed by atoms with Crippen molar-refractivity contribution in [2.24, 2.45) is 5.73 Å². The summed E-state index contributed by atoms with van der Waals surface area (Å²) in [5, 5.41) is 0. The zero-order valence-electron chi connectivity index (χ0n) is 8.94. The molecule has 2 saturated heterocycles. The molecule has 2 fully saturated rings. The Balaban J connectivity index is 2.03. The smallest absolute Gasteiger partial charge is 0.239 e. The first-order chi connectivity index (χ1) is 6.59. The maximum absolute atomic E-state index is 11.6. The van der Waals surface area contributed by atoms with E-state index >= 15 is 0 Å². The van der Waals surface area contributed by atoms with E-state index in [9.17, 15) is 4.79 Å². The molecule has 0 aromatic carbocycles. The average molecular weight is 197 g/mol. The molecule has 0 aromatic heterocycles. The van der Waals surface area contributed by atoms with Crippen LogP contribution in [0.4, 0.5) is 0 Å². The van der Waals surface area contributed by atoms with Crippen LogP contribution in [-0.4, -0.2) is 53.5 Å². The van der Waals surface area contributed by atoms with Gasteiger partial charge in [-0.1, -0.05) is 0 Å². The first-order valence-corrected chi connectivity index (χ1v) is 5.39. The molecule has 1 amide bonds. The Kier molecular flexibility index (Phi) is 2.49. The maximum atomic E-state index is 11.6. The van der Waals surface area contributed by atoms with Crippen molar-refractivity contribution >= 4 is 5.91 Å². The lowest BCUT2D eigenvalue weighted by Gasteiger charge is -2.39. The summed E-state index contributed by atoms with van der Waals surface area (Å²) in [6, 6.07) is 0.699. The molecule has 0 bridgehead atoms. The van der Waals surface area contributed by atoms with Gasteiger partial charge in [0.15, 0.2) is 0 Å². The summed E-state index contributed by atoms with van der Waals surface area (Å²) in [5.41, 5.74) is 5.75. The van der Waals surface area contributed by atoms with Gasteiger partial charge in [-0.25, -0.2) is 0 Å². The Bertz CT molecular complexity index is 242. The molecule has 2 aliphatic rings. The van der Waals surface area contributed by atoms with Gasteiger partial charge in [-0.3, -0.25) is 9.69 Å². The van der Waals surface area contributed by atoms with Gasteiger partial charge in [0, 0.05) is 31.7 Å². The van der Waals surface area contributed by atoms with Crippen molar-refractivity contribution in [2.75, 3.05) is 19.6 Å². The number of carbonyl (C=O) groups excluding carboxylic acids is 1. The first-order valence-electron chi connectivity index (χ1n) is 5.39. The average Bonchev–Trinajstić information content (AvgIpc) is 2.42. The van der Waals surface area contributed by atoms with Crippen LogP contribution >= 0.6 is 0 Å². The van der Waals surface area contributed by atoms with E-state index in [1.54, 1.807) is 0 Å². The molecule has 2 unspecified atom stereocenters. The fourth-order valence-corrected chi connectivity index (χ4v) is 2.45. The number of hydrogen-bond acceptors (Lipinski definition) is 3. The van der Waals surface area contributed by atoms with Crippen molar-refractivity contribution in [2.45, 2.75) is 38.4 Å². The minimum Gasteiger partial charge on any atom is -0.336 e. The molecule has 2 atom stereocenters. The minimum absolute atomic E-state index is 0.151. The summed E-state index contributed by atoms with van der Waals surface area (Å²) in [6.45, 7) is 7.25. The standard InChI is InChI=1S/C10H19N3O/c1-7(2)12-3-4-13-8(6-12)5-9(11)10(13)14/h7-9H,3-6,11H2,1-2H3. The third-order valence-corrected chi connectivity index (χ3v) is 3.37. The first kappa shape index (κ1) is 9.93. The summed E-state index contributed by atoms with van der Waals surface area (Å²) in [6.07, 6.45) is 0.835. The molecular formula is C10H19N3O. The predicted molar refractivity (Wildman–Crippen MR) is 54.8 cm³/mol. The second kappa shape index (κ2) is 3.51. The monoisotopic (exact) mass is 197 g/mol. The van der Waals surface area contributed by atoms with E-state index in [-0.39, 0.29) is 11.9 Å². The number of nitrogens with two attached hydrogens (primary N) is 1. The van der Waals surface area contributed by atoms with Crippen LogP contribution in [0.3, 0.4) is 0 Å². The lowest BCUT2D eigenvalue weighted by atomic mass is 10.1. The van der Waals surface area contributed by atoms with Crippen molar-refractivity contribution in [1.29, 1.82) is 0 Å². The fraction of sp³-hybridized carbons (Fsp3) is 0.900. The van der Waals surface area contributed by atoms with Crippen LogP contribution in [0, 0.1) is 0 Å². The van der Waals surface area contributed by atoms with Gasteiger partial charge < -0.3 is 10.6 Å². The molecule has 2 rings (SSSR count). The molecule has 2 N–H and O–H groups in total. The van der Waals surface area contributed by atoms with E-state index in [4.69, 9.17) is 5.73 Å². The van der Waals surface area contributed by atoms with Crippen LogP contribution in [0.2, 0.25) is 0 Å². The van der Waals surface area contributed by atoms with Crippen molar-refractivity contribution in [3.8, 4) is 0 Å². The van der Waals surface area contributed by atoms with Gasteiger partial charge in [0.1, 0.15) is 0 Å². The van der Waals surface area contributed by atoms with Gasteiger partial charge in [0.25, 0.3) is 0 Å². The van der Waals surface area contributed by atoms with Crippen molar-refractivity contribution < 1.29 is 4.79 Å². The number of piperazine rings is 1. The topological polar surface area (TPSA) is 49.6 Å². The van der Waals surface area contributed by atoms with E-state index in [1.807, 2.05) is 4.90 Å². The highest BCUT2D eigenvalue weighted by Gasteiger charge is 2.40. The second-order valence-corrected chi connectivity index (χ2v) is 4.62. The van der Waals surface area contributed by atoms with Crippen molar-refractivity contribution in [3.63, 3.8) is 0 Å². The molecule has 2 aliphatic heterocycles. The number of carbonyl (C=O) groups is 1. The van der Waals surface area contributed by atoms with E-state index in [2.05, 4.69) is 18.7 Å². The molecular weight excluding hydrogens is 178 g/mol. The summed E-state index contributed by atoms with van der Waals surface area (Å²) >= 11 is 0. The fourth-order valence-electron chi connectivity index (χ4n) is 2.45. The van der Waals surface area contributed by atoms with Gasteiger partial charge in [0.2, 0.25) is 5.91 Å². The van der Waals surface area contributed by atoms with Crippen LogP contribution in [-0.2, 0) is 4.79 Å². The summed E-state index contributed by atoms with van der Waals surface area (Å²) in [5.74, 6) is 0.151. The zero-order chi connectivity index (χ0) is 10.3. The molecule has 80 valence electrons. The summed E-state index contributed by atoms with van der Waals surface area (Å²) in [7, 11) is 0. The molecule has 0 aromatic rings. The lowest BCUT2D eigenvalue weighted by molar-refractivity contribution is -0.131. The number of hydrogen-bond donors (Lipinski definition) is 1. The molecule has 14 heavy (non-hydrogen) atoms. The van der Waals surface area contributed by atoms with E-state index in [0.717, 1.165) is 26.1 Å². The van der Waals surface area contributed by atoms with Crippen LogP contribution in [0.1, 0.15) is 20.3 Å². The summed E-state index contributed by atoms with van der Waals surface area (Å²) in [4.78, 5) is 16.0. The highest BCUT2D eigenvalue weighted by Crippen LogP contribution is 2.23. The van der Waals surface area contributed by atoms with Crippen LogP contribution < -0.4 is 5.73 Å². The maximum Gasteiger partial charge on any atom is 0.239 e. The van der Waals surface area contributed by atoms with Crippen LogP contribution in [0.25, 0.3) is 0 Å². The molecule has 4 heteroatoms. The third kappa shape index (κ3) is 1.53. The molecule has 4 nitrogen and oxygen atoms in total. The molecule has 0 aliphatic carbocycles. The van der Waals surface area contributed by atoms with Gasteiger partial charge in [-0.05, 0) is 20.3 Å². The number of amides is 1. The third-order valence-electron chi connectivity index (χ3n) is 3.37. The van der Waals surface area contributed by atoms with E-state index in [1.165, 1.54) is 0 Å². The van der Waals surface area contributed by atoms with E-state index < -0.39 is 0 Å². The van der Waals surface area contributed by atoms with E-state index in [0.29, 0.717) is 12.1 Å². The number of nitrogens with zero attached hydrogens (tertiary/aromatic N) is 2.